The van der Waals surface area contributed by atoms with Gasteiger partial charge >= 0.3 is 0 Å². The molecule has 0 aliphatic rings. The molecule has 1 atom stereocenters. The Morgan fingerprint density at radius 2 is 1.59 bits per heavy atom. The van der Waals surface area contributed by atoms with E-state index in [1.807, 2.05) is 11.4 Å². The van der Waals surface area contributed by atoms with Crippen LogP contribution in [0, 0.1) is 0 Å². The number of carbonyl (C=O) groups is 3. The normalized spacial score (nSPS) is 11.4. The standard InChI is InChI=1S/C22H21N3O3S/c1-14(21(27)25-19-6-3-5-16(13-19)15(2)26)23-17-8-10-18(11-9-17)24-22(28)20-7-4-12-29-20/h3-14,23H,1-2H3,(H,24,28)(H,25,27). The number of ketones is 1. The molecule has 3 rings (SSSR count). The molecule has 0 saturated carbocycles. The highest BCUT2D eigenvalue weighted by Gasteiger charge is 2.14. The summed E-state index contributed by atoms with van der Waals surface area (Å²) in [5, 5.41) is 10.6. The van der Waals surface area contributed by atoms with Crippen molar-refractivity contribution in [2.75, 3.05) is 16.0 Å². The van der Waals surface area contributed by atoms with Gasteiger partial charge in [0.2, 0.25) is 5.91 Å². The number of rotatable bonds is 7. The van der Waals surface area contributed by atoms with Gasteiger partial charge in [-0.3, -0.25) is 14.4 Å². The third-order valence-electron chi connectivity index (χ3n) is 4.20. The van der Waals surface area contributed by atoms with Gasteiger partial charge in [0.25, 0.3) is 5.91 Å². The summed E-state index contributed by atoms with van der Waals surface area (Å²) in [5.41, 5.74) is 2.54. The van der Waals surface area contributed by atoms with Crippen LogP contribution in [0.15, 0.2) is 66.0 Å². The van der Waals surface area contributed by atoms with Gasteiger partial charge in [0.05, 0.1) is 4.88 Å². The minimum absolute atomic E-state index is 0.0569. The van der Waals surface area contributed by atoms with Crippen molar-refractivity contribution in [3.8, 4) is 0 Å². The maximum Gasteiger partial charge on any atom is 0.265 e. The summed E-state index contributed by atoms with van der Waals surface area (Å²) in [6, 6.07) is 17.1. The maximum atomic E-state index is 12.4. The largest absolute Gasteiger partial charge is 0.374 e. The molecule has 0 aliphatic carbocycles. The van der Waals surface area contributed by atoms with Crippen molar-refractivity contribution < 1.29 is 14.4 Å². The lowest BCUT2D eigenvalue weighted by Crippen LogP contribution is -2.31. The number of carbonyl (C=O) groups excluding carboxylic acids is 3. The Morgan fingerprint density at radius 3 is 2.24 bits per heavy atom. The molecule has 3 N–H and O–H groups in total. The third-order valence-corrected chi connectivity index (χ3v) is 5.07. The van der Waals surface area contributed by atoms with Gasteiger partial charge < -0.3 is 16.0 Å². The molecule has 1 heterocycles. The van der Waals surface area contributed by atoms with Crippen LogP contribution in [0.2, 0.25) is 0 Å². The zero-order valence-corrected chi connectivity index (χ0v) is 16.9. The van der Waals surface area contributed by atoms with Crippen LogP contribution in [0.3, 0.4) is 0 Å². The van der Waals surface area contributed by atoms with Crippen LogP contribution in [0.1, 0.15) is 33.9 Å². The van der Waals surface area contributed by atoms with Gasteiger partial charge in [0.1, 0.15) is 6.04 Å². The highest BCUT2D eigenvalue weighted by molar-refractivity contribution is 7.12. The van der Waals surface area contributed by atoms with Crippen LogP contribution in [0.4, 0.5) is 17.1 Å². The fraction of sp³-hybridized carbons (Fsp3) is 0.136. The molecule has 0 radical (unpaired) electrons. The summed E-state index contributed by atoms with van der Waals surface area (Å²) < 4.78 is 0. The number of amides is 2. The molecular weight excluding hydrogens is 386 g/mol. The molecule has 0 bridgehead atoms. The van der Waals surface area contributed by atoms with Crippen LogP contribution >= 0.6 is 11.3 Å². The minimum atomic E-state index is -0.498. The highest BCUT2D eigenvalue weighted by atomic mass is 32.1. The summed E-state index contributed by atoms with van der Waals surface area (Å²) in [5.74, 6) is -0.430. The lowest BCUT2D eigenvalue weighted by molar-refractivity contribution is -0.116. The SMILES string of the molecule is CC(=O)c1cccc(NC(=O)C(C)Nc2ccc(NC(=O)c3cccs3)cc2)c1. The quantitative estimate of drug-likeness (QED) is 0.498. The number of anilines is 3. The molecule has 0 saturated heterocycles. The van der Waals surface area contributed by atoms with Gasteiger partial charge in [-0.1, -0.05) is 18.2 Å². The number of thiophene rings is 1. The highest BCUT2D eigenvalue weighted by Crippen LogP contribution is 2.18. The summed E-state index contributed by atoms with van der Waals surface area (Å²) in [6.07, 6.45) is 0. The third kappa shape index (κ3) is 5.52. The van der Waals surface area contributed by atoms with Gasteiger partial charge in [-0.25, -0.2) is 0 Å². The van der Waals surface area contributed by atoms with E-state index in [2.05, 4.69) is 16.0 Å². The van der Waals surface area contributed by atoms with E-state index >= 15 is 0 Å². The second-order valence-corrected chi connectivity index (χ2v) is 7.45. The van der Waals surface area contributed by atoms with Gasteiger partial charge in [-0.2, -0.15) is 0 Å². The van der Waals surface area contributed by atoms with E-state index in [4.69, 9.17) is 0 Å². The van der Waals surface area contributed by atoms with Gasteiger partial charge in [-0.15, -0.1) is 11.3 Å². The number of benzene rings is 2. The van der Waals surface area contributed by atoms with Crippen molar-refractivity contribution in [2.45, 2.75) is 19.9 Å². The van der Waals surface area contributed by atoms with Crippen molar-refractivity contribution in [3.05, 3.63) is 76.5 Å². The molecule has 0 spiro atoms. The summed E-state index contributed by atoms with van der Waals surface area (Å²) in [4.78, 5) is 36.6. The second-order valence-electron chi connectivity index (χ2n) is 6.50. The Morgan fingerprint density at radius 1 is 0.862 bits per heavy atom. The Kier molecular flexibility index (Phi) is 6.41. The van der Waals surface area contributed by atoms with Crippen molar-refractivity contribution in [1.29, 1.82) is 0 Å². The number of hydrogen-bond donors (Lipinski definition) is 3. The Labute approximate surface area is 173 Å². The van der Waals surface area contributed by atoms with Crippen LogP contribution in [0.25, 0.3) is 0 Å². The lowest BCUT2D eigenvalue weighted by Gasteiger charge is -2.16. The Hall–Kier alpha value is -3.45. The predicted molar refractivity (Wildman–Crippen MR) is 117 cm³/mol. The van der Waals surface area contributed by atoms with Gasteiger partial charge in [0, 0.05) is 22.6 Å². The summed E-state index contributed by atoms with van der Waals surface area (Å²) in [7, 11) is 0. The molecular formula is C22H21N3O3S. The average Bonchev–Trinajstić information content (AvgIpc) is 3.24. The van der Waals surface area contributed by atoms with Crippen LogP contribution < -0.4 is 16.0 Å². The molecule has 29 heavy (non-hydrogen) atoms. The molecule has 2 amide bonds. The summed E-state index contributed by atoms with van der Waals surface area (Å²) in [6.45, 7) is 3.23. The fourth-order valence-electron chi connectivity index (χ4n) is 2.63. The first-order valence-electron chi connectivity index (χ1n) is 9.05. The fourth-order valence-corrected chi connectivity index (χ4v) is 3.25. The van der Waals surface area contributed by atoms with Gasteiger partial charge in [0.15, 0.2) is 5.78 Å². The molecule has 6 nitrogen and oxygen atoms in total. The molecule has 2 aromatic carbocycles. The van der Waals surface area contributed by atoms with Crippen molar-refractivity contribution in [3.63, 3.8) is 0 Å². The minimum Gasteiger partial charge on any atom is -0.374 e. The smallest absolute Gasteiger partial charge is 0.265 e. The van der Waals surface area contributed by atoms with Crippen molar-refractivity contribution >= 4 is 46.0 Å². The molecule has 1 aromatic heterocycles. The molecule has 3 aromatic rings. The van der Waals surface area contributed by atoms with E-state index in [-0.39, 0.29) is 17.6 Å². The first kappa shape index (κ1) is 20.3. The number of nitrogens with one attached hydrogen (secondary N) is 3. The van der Waals surface area contributed by atoms with Gasteiger partial charge in [-0.05, 0) is 61.7 Å². The van der Waals surface area contributed by atoms with E-state index in [0.29, 0.717) is 21.8 Å². The first-order valence-corrected chi connectivity index (χ1v) is 9.93. The molecule has 7 heteroatoms. The maximum absolute atomic E-state index is 12.4. The van der Waals surface area contributed by atoms with E-state index in [9.17, 15) is 14.4 Å². The molecule has 0 aliphatic heterocycles. The monoisotopic (exact) mass is 407 g/mol. The molecule has 1 unspecified atom stereocenters. The second kappa shape index (κ2) is 9.16. The van der Waals surface area contributed by atoms with Crippen LogP contribution in [-0.2, 0) is 4.79 Å². The first-order chi connectivity index (χ1) is 13.9. The van der Waals surface area contributed by atoms with E-state index in [1.54, 1.807) is 61.5 Å². The molecule has 0 fully saturated rings. The molecule has 148 valence electrons. The van der Waals surface area contributed by atoms with E-state index in [1.165, 1.54) is 18.3 Å². The number of hydrogen-bond acceptors (Lipinski definition) is 5. The Bertz CT molecular complexity index is 1010. The zero-order chi connectivity index (χ0) is 20.8. The van der Waals surface area contributed by atoms with Crippen LogP contribution in [0.5, 0.6) is 0 Å². The average molecular weight is 407 g/mol. The number of Topliss-reactive ketones (excluding diaryl/α,β-unsaturated/α-hetero) is 1. The predicted octanol–water partition coefficient (Wildman–Crippen LogP) is 4.64. The lowest BCUT2D eigenvalue weighted by atomic mass is 10.1. The summed E-state index contributed by atoms with van der Waals surface area (Å²) >= 11 is 1.38. The Balaban J connectivity index is 1.56. The van der Waals surface area contributed by atoms with Crippen molar-refractivity contribution in [1.82, 2.24) is 0 Å². The van der Waals surface area contributed by atoms with E-state index < -0.39 is 6.04 Å². The van der Waals surface area contributed by atoms with Crippen LogP contribution in [-0.4, -0.2) is 23.6 Å². The van der Waals surface area contributed by atoms with Crippen molar-refractivity contribution in [2.24, 2.45) is 0 Å². The topological polar surface area (TPSA) is 87.3 Å². The van der Waals surface area contributed by atoms with E-state index in [0.717, 1.165) is 5.69 Å². The zero-order valence-electron chi connectivity index (χ0n) is 16.1.